The zero-order valence-corrected chi connectivity index (χ0v) is 20.2. The molecule has 3 N–H and O–H groups in total. The summed E-state index contributed by atoms with van der Waals surface area (Å²) in [5, 5.41) is 11.5. The lowest BCUT2D eigenvalue weighted by Gasteiger charge is -2.17. The van der Waals surface area contributed by atoms with E-state index in [0.29, 0.717) is 34.7 Å². The molecule has 2 amide bonds. The van der Waals surface area contributed by atoms with E-state index in [2.05, 4.69) is 15.5 Å². The quantitative estimate of drug-likeness (QED) is 0.282. The second-order valence-corrected chi connectivity index (χ2v) is 8.74. The minimum atomic E-state index is -0.414. The van der Waals surface area contributed by atoms with E-state index in [-0.39, 0.29) is 29.4 Å². The molecule has 2 aromatic rings. The van der Waals surface area contributed by atoms with Gasteiger partial charge >= 0.3 is 5.97 Å². The number of rotatable bonds is 11. The number of amides is 2. The first-order chi connectivity index (χ1) is 15.2. The van der Waals surface area contributed by atoms with Crippen molar-refractivity contribution in [2.24, 2.45) is 0 Å². The summed E-state index contributed by atoms with van der Waals surface area (Å²) in [5.74, 6) is 5.60. The predicted molar refractivity (Wildman–Crippen MR) is 125 cm³/mol. The van der Waals surface area contributed by atoms with Gasteiger partial charge in [-0.15, -0.1) is 10.2 Å². The van der Waals surface area contributed by atoms with Gasteiger partial charge in [0.1, 0.15) is 0 Å². The highest BCUT2D eigenvalue weighted by molar-refractivity contribution is 8.00. The third kappa shape index (κ3) is 7.45. The summed E-state index contributed by atoms with van der Waals surface area (Å²) in [7, 11) is 0. The van der Waals surface area contributed by atoms with Crippen molar-refractivity contribution in [2.75, 3.05) is 35.8 Å². The Labute approximate surface area is 195 Å². The van der Waals surface area contributed by atoms with Gasteiger partial charge in [-0.05, 0) is 52.0 Å². The van der Waals surface area contributed by atoms with Crippen LogP contribution in [0, 0.1) is 0 Å². The average molecular weight is 481 g/mol. The Hall–Kier alpha value is -2.73. The van der Waals surface area contributed by atoms with Gasteiger partial charge in [0.15, 0.2) is 0 Å². The van der Waals surface area contributed by atoms with Gasteiger partial charge in [-0.1, -0.05) is 23.5 Å². The normalized spacial score (nSPS) is 10.8. The molecule has 0 spiro atoms. The summed E-state index contributed by atoms with van der Waals surface area (Å²) in [6.45, 7) is 8.69. The minimum absolute atomic E-state index is 0.0000627. The summed E-state index contributed by atoms with van der Waals surface area (Å²) in [5.41, 5.74) is 0.962. The van der Waals surface area contributed by atoms with Crippen molar-refractivity contribution in [3.8, 4) is 0 Å². The number of nitrogens with two attached hydrogens (primary N) is 1. The Morgan fingerprint density at radius 1 is 1.06 bits per heavy atom. The summed E-state index contributed by atoms with van der Waals surface area (Å²) in [6.07, 6.45) is -0.203. The zero-order valence-electron chi connectivity index (χ0n) is 18.5. The van der Waals surface area contributed by atoms with Gasteiger partial charge in [-0.25, -0.2) is 9.47 Å². The van der Waals surface area contributed by atoms with E-state index in [1.165, 1.54) is 16.4 Å². The second kappa shape index (κ2) is 12.3. The molecule has 0 unspecified atom stereocenters. The number of ether oxygens (including phenoxy) is 1. The smallest absolute Gasteiger partial charge is 0.338 e. The standard InChI is InChI=1S/C20H28N6O4S2/c1-5-25(6-2)17(28)12-32-20-24-23-19(26(20)21)31-11-16(27)22-15-9-7-14(8-10-15)18(29)30-13(3)4/h7-10,13H,5-6,11-12,21H2,1-4H3,(H,22,27). The van der Waals surface area contributed by atoms with Crippen molar-refractivity contribution in [3.05, 3.63) is 29.8 Å². The van der Waals surface area contributed by atoms with E-state index in [1.54, 1.807) is 43.0 Å². The lowest BCUT2D eigenvalue weighted by atomic mass is 10.2. The van der Waals surface area contributed by atoms with Crippen LogP contribution in [0.1, 0.15) is 38.1 Å². The van der Waals surface area contributed by atoms with Crippen molar-refractivity contribution in [2.45, 2.75) is 44.1 Å². The molecule has 0 bridgehead atoms. The van der Waals surface area contributed by atoms with Crippen molar-refractivity contribution in [3.63, 3.8) is 0 Å². The Morgan fingerprint density at radius 2 is 1.62 bits per heavy atom. The van der Waals surface area contributed by atoms with Crippen LogP contribution < -0.4 is 11.2 Å². The van der Waals surface area contributed by atoms with Crippen molar-refractivity contribution < 1.29 is 19.1 Å². The molecular formula is C20H28N6O4S2. The molecule has 1 aromatic heterocycles. The van der Waals surface area contributed by atoms with Crippen LogP contribution in [0.5, 0.6) is 0 Å². The molecule has 0 atom stereocenters. The molecule has 32 heavy (non-hydrogen) atoms. The van der Waals surface area contributed by atoms with Gasteiger partial charge in [0.05, 0.1) is 23.2 Å². The number of nitrogens with one attached hydrogen (secondary N) is 1. The van der Waals surface area contributed by atoms with E-state index < -0.39 is 5.97 Å². The second-order valence-electron chi connectivity index (χ2n) is 6.86. The Kier molecular flexibility index (Phi) is 9.85. The Morgan fingerprint density at radius 3 is 2.16 bits per heavy atom. The molecule has 0 aliphatic carbocycles. The molecule has 12 heteroatoms. The summed E-state index contributed by atoms with van der Waals surface area (Å²) >= 11 is 2.33. The highest BCUT2D eigenvalue weighted by Gasteiger charge is 2.16. The highest BCUT2D eigenvalue weighted by atomic mass is 32.2. The summed E-state index contributed by atoms with van der Waals surface area (Å²) < 4.78 is 6.40. The number of carbonyl (C=O) groups excluding carboxylic acids is 3. The maximum atomic E-state index is 12.2. The summed E-state index contributed by atoms with van der Waals surface area (Å²) in [6, 6.07) is 6.44. The largest absolute Gasteiger partial charge is 0.459 e. The molecule has 0 radical (unpaired) electrons. The average Bonchev–Trinajstić information content (AvgIpc) is 3.11. The molecule has 2 rings (SSSR count). The fraction of sp³-hybridized carbons (Fsp3) is 0.450. The van der Waals surface area contributed by atoms with Crippen molar-refractivity contribution in [1.82, 2.24) is 19.8 Å². The molecule has 1 aromatic carbocycles. The van der Waals surface area contributed by atoms with Crippen LogP contribution in [0.3, 0.4) is 0 Å². The number of nitrogens with zero attached hydrogens (tertiary/aromatic N) is 4. The van der Waals surface area contributed by atoms with Crippen LogP contribution in [0.25, 0.3) is 0 Å². The van der Waals surface area contributed by atoms with Gasteiger partial charge in [0, 0.05) is 18.8 Å². The number of carbonyl (C=O) groups is 3. The number of hydrogen-bond donors (Lipinski definition) is 2. The molecule has 10 nitrogen and oxygen atoms in total. The first kappa shape index (κ1) is 25.5. The monoisotopic (exact) mass is 480 g/mol. The van der Waals surface area contributed by atoms with Crippen molar-refractivity contribution >= 4 is 47.0 Å². The lowest BCUT2D eigenvalue weighted by Crippen LogP contribution is -2.32. The number of thioether (sulfide) groups is 2. The van der Waals surface area contributed by atoms with E-state index in [9.17, 15) is 14.4 Å². The lowest BCUT2D eigenvalue weighted by molar-refractivity contribution is -0.128. The Bertz CT molecular complexity index is 929. The number of hydrogen-bond acceptors (Lipinski definition) is 9. The van der Waals surface area contributed by atoms with Gasteiger partial charge in [0.25, 0.3) is 0 Å². The molecule has 1 heterocycles. The van der Waals surface area contributed by atoms with E-state index in [1.807, 2.05) is 13.8 Å². The maximum Gasteiger partial charge on any atom is 0.338 e. The number of esters is 1. The third-order valence-electron chi connectivity index (χ3n) is 4.15. The van der Waals surface area contributed by atoms with E-state index in [4.69, 9.17) is 10.6 Å². The van der Waals surface area contributed by atoms with Gasteiger partial charge < -0.3 is 20.8 Å². The Balaban J connectivity index is 1.84. The van der Waals surface area contributed by atoms with Crippen LogP contribution >= 0.6 is 23.5 Å². The van der Waals surface area contributed by atoms with Gasteiger partial charge in [0.2, 0.25) is 22.1 Å². The SMILES string of the molecule is CCN(CC)C(=O)CSc1nnc(SCC(=O)Nc2ccc(C(=O)OC(C)C)cc2)n1N. The van der Waals surface area contributed by atoms with Crippen LogP contribution in [0.4, 0.5) is 5.69 Å². The zero-order chi connectivity index (χ0) is 23.7. The van der Waals surface area contributed by atoms with Gasteiger partial charge in [-0.3, -0.25) is 9.59 Å². The molecule has 0 aliphatic heterocycles. The topological polar surface area (TPSA) is 132 Å². The molecule has 0 aliphatic rings. The van der Waals surface area contributed by atoms with Crippen LogP contribution in [0.2, 0.25) is 0 Å². The molecule has 0 saturated heterocycles. The fourth-order valence-electron chi connectivity index (χ4n) is 2.55. The van der Waals surface area contributed by atoms with E-state index in [0.717, 1.165) is 11.8 Å². The maximum absolute atomic E-state index is 12.2. The first-order valence-corrected chi connectivity index (χ1v) is 12.1. The third-order valence-corrected chi connectivity index (χ3v) is 6.02. The van der Waals surface area contributed by atoms with Crippen LogP contribution in [-0.4, -0.2) is 68.3 Å². The number of nitrogen functional groups attached to an aromatic ring is 1. The molecule has 0 fully saturated rings. The molecule has 174 valence electrons. The van der Waals surface area contributed by atoms with Crippen LogP contribution in [-0.2, 0) is 14.3 Å². The predicted octanol–water partition coefficient (Wildman–Crippen LogP) is 2.25. The van der Waals surface area contributed by atoms with Gasteiger partial charge in [-0.2, -0.15) is 0 Å². The fourth-order valence-corrected chi connectivity index (χ4v) is 4.03. The van der Waals surface area contributed by atoms with Crippen LogP contribution in [0.15, 0.2) is 34.6 Å². The number of benzene rings is 1. The number of aromatic nitrogens is 3. The number of anilines is 1. The van der Waals surface area contributed by atoms with Crippen molar-refractivity contribution in [1.29, 1.82) is 0 Å². The first-order valence-electron chi connectivity index (χ1n) is 10.1. The molecular weight excluding hydrogens is 452 g/mol. The van der Waals surface area contributed by atoms with E-state index >= 15 is 0 Å². The highest BCUT2D eigenvalue weighted by Crippen LogP contribution is 2.21. The minimum Gasteiger partial charge on any atom is -0.459 e. The molecule has 0 saturated carbocycles. The summed E-state index contributed by atoms with van der Waals surface area (Å²) in [4.78, 5) is 38.0.